The lowest BCUT2D eigenvalue weighted by Gasteiger charge is -2.22. The van der Waals surface area contributed by atoms with Crippen molar-refractivity contribution >= 4 is 44.6 Å². The van der Waals surface area contributed by atoms with Crippen LogP contribution in [-0.4, -0.2) is 30.8 Å². The molecule has 128 valence electrons. The predicted octanol–water partition coefficient (Wildman–Crippen LogP) is 3.16. The Morgan fingerprint density at radius 1 is 1.17 bits per heavy atom. The molecule has 0 aromatic heterocycles. The number of rotatable bonds is 5. The topological polar surface area (TPSA) is 83.5 Å². The van der Waals surface area contributed by atoms with Crippen LogP contribution >= 0.6 is 23.2 Å². The Hall–Kier alpha value is -1.60. The van der Waals surface area contributed by atoms with Crippen molar-refractivity contribution < 1.29 is 18.3 Å². The van der Waals surface area contributed by atoms with E-state index in [1.165, 1.54) is 30.3 Å². The van der Waals surface area contributed by atoms with Gasteiger partial charge in [-0.2, -0.15) is 0 Å². The average molecular weight is 388 g/mol. The van der Waals surface area contributed by atoms with Crippen molar-refractivity contribution in [1.29, 1.82) is 0 Å². The number of carbonyl (C=O) groups excluding carboxylic acids is 1. The molecule has 5 nitrogen and oxygen atoms in total. The van der Waals surface area contributed by atoms with Crippen LogP contribution in [0.15, 0.2) is 53.4 Å². The zero-order valence-electron chi connectivity index (χ0n) is 12.7. The molecule has 2 N–H and O–H groups in total. The van der Waals surface area contributed by atoms with E-state index in [-0.39, 0.29) is 15.6 Å². The maximum absolute atomic E-state index is 12.3. The van der Waals surface area contributed by atoms with Crippen molar-refractivity contribution in [2.45, 2.75) is 17.4 Å². The largest absolute Gasteiger partial charge is 0.379 e. The van der Waals surface area contributed by atoms with E-state index in [1.807, 2.05) is 0 Å². The maximum Gasteiger partial charge on any atom is 0.257 e. The number of halogens is 2. The first-order valence-electron chi connectivity index (χ1n) is 6.88. The minimum Gasteiger partial charge on any atom is -0.379 e. The lowest BCUT2D eigenvalue weighted by molar-refractivity contribution is -0.130. The maximum atomic E-state index is 12.3. The van der Waals surface area contributed by atoms with E-state index in [0.29, 0.717) is 5.02 Å². The molecule has 1 amide bonds. The third-order valence-electron chi connectivity index (χ3n) is 3.24. The normalized spacial score (nSPS) is 14.0. The SMILES string of the molecule is C[C@](O)(CS(=O)(=O)c1ccccc1)C(=O)Nc1ccc(Cl)cc1Cl. The minimum absolute atomic E-state index is 0.0302. The molecule has 0 aliphatic carbocycles. The van der Waals surface area contributed by atoms with Crippen LogP contribution in [0.4, 0.5) is 5.69 Å². The number of hydrogen-bond acceptors (Lipinski definition) is 4. The van der Waals surface area contributed by atoms with Gasteiger partial charge in [0.15, 0.2) is 15.4 Å². The molecule has 0 saturated carbocycles. The summed E-state index contributed by atoms with van der Waals surface area (Å²) in [6.07, 6.45) is 0. The molecular weight excluding hydrogens is 373 g/mol. The molecule has 2 aromatic carbocycles. The van der Waals surface area contributed by atoms with Crippen LogP contribution in [0.5, 0.6) is 0 Å². The van der Waals surface area contributed by atoms with Crippen molar-refractivity contribution in [3.05, 3.63) is 58.6 Å². The molecule has 0 heterocycles. The Morgan fingerprint density at radius 2 is 1.79 bits per heavy atom. The number of sulfone groups is 1. The summed E-state index contributed by atoms with van der Waals surface area (Å²) in [6.45, 7) is 1.13. The standard InChI is InChI=1S/C16H15Cl2NO4S/c1-16(21,10-24(22,23)12-5-3-2-4-6-12)15(20)19-14-8-7-11(17)9-13(14)18/h2-9,21H,10H2,1H3,(H,19,20)/t16-/m0/s1. The number of aliphatic hydroxyl groups is 1. The van der Waals surface area contributed by atoms with Gasteiger partial charge in [-0.3, -0.25) is 4.79 Å². The van der Waals surface area contributed by atoms with Gasteiger partial charge < -0.3 is 10.4 Å². The molecule has 0 radical (unpaired) electrons. The Bertz CT molecular complexity index is 852. The molecule has 0 aliphatic heterocycles. The highest BCUT2D eigenvalue weighted by Gasteiger charge is 2.36. The number of hydrogen-bond donors (Lipinski definition) is 2. The van der Waals surface area contributed by atoms with E-state index >= 15 is 0 Å². The summed E-state index contributed by atoms with van der Waals surface area (Å²) in [4.78, 5) is 12.3. The molecule has 0 spiro atoms. The minimum atomic E-state index is -3.84. The second-order valence-corrected chi connectivity index (χ2v) is 8.26. The molecule has 24 heavy (non-hydrogen) atoms. The number of nitrogens with one attached hydrogen (secondary N) is 1. The Morgan fingerprint density at radius 3 is 2.38 bits per heavy atom. The van der Waals surface area contributed by atoms with Crippen molar-refractivity contribution in [3.8, 4) is 0 Å². The van der Waals surface area contributed by atoms with Gasteiger partial charge in [0.2, 0.25) is 0 Å². The third-order valence-corrected chi connectivity index (χ3v) is 5.72. The summed E-state index contributed by atoms with van der Waals surface area (Å²) < 4.78 is 24.7. The van der Waals surface area contributed by atoms with Gasteiger partial charge in [0.25, 0.3) is 5.91 Å². The summed E-state index contributed by atoms with van der Waals surface area (Å²) in [5, 5.41) is 13.3. The first-order valence-corrected chi connectivity index (χ1v) is 9.29. The van der Waals surface area contributed by atoms with E-state index < -0.39 is 27.1 Å². The molecule has 2 rings (SSSR count). The van der Waals surface area contributed by atoms with E-state index in [2.05, 4.69) is 5.32 Å². The van der Waals surface area contributed by atoms with Crippen LogP contribution in [0.25, 0.3) is 0 Å². The van der Waals surface area contributed by atoms with Crippen LogP contribution in [-0.2, 0) is 14.6 Å². The number of benzene rings is 2. The van der Waals surface area contributed by atoms with Gasteiger partial charge in [-0.1, -0.05) is 41.4 Å². The second-order valence-electron chi connectivity index (χ2n) is 5.42. The van der Waals surface area contributed by atoms with Gasteiger partial charge in [0.05, 0.1) is 21.4 Å². The van der Waals surface area contributed by atoms with Crippen molar-refractivity contribution in [2.24, 2.45) is 0 Å². The summed E-state index contributed by atoms with van der Waals surface area (Å²) in [5.41, 5.74) is -1.92. The third kappa shape index (κ3) is 4.48. The number of carbonyl (C=O) groups is 1. The number of amides is 1. The zero-order valence-corrected chi connectivity index (χ0v) is 15.0. The molecule has 0 fully saturated rings. The van der Waals surface area contributed by atoms with E-state index in [4.69, 9.17) is 23.2 Å². The summed E-state index contributed by atoms with van der Waals surface area (Å²) in [5.74, 6) is -1.65. The van der Waals surface area contributed by atoms with Crippen molar-refractivity contribution in [1.82, 2.24) is 0 Å². The Labute approximate surface area is 150 Å². The van der Waals surface area contributed by atoms with Crippen molar-refractivity contribution in [3.63, 3.8) is 0 Å². The molecule has 2 aromatic rings. The van der Waals surface area contributed by atoms with Gasteiger partial charge in [-0.05, 0) is 37.3 Å². The predicted molar refractivity (Wildman–Crippen MR) is 94.2 cm³/mol. The molecule has 0 aliphatic rings. The summed E-state index contributed by atoms with van der Waals surface area (Å²) in [6, 6.07) is 12.0. The van der Waals surface area contributed by atoms with Crippen LogP contribution in [0.3, 0.4) is 0 Å². The van der Waals surface area contributed by atoms with E-state index in [9.17, 15) is 18.3 Å². The highest BCUT2D eigenvalue weighted by molar-refractivity contribution is 7.91. The fourth-order valence-electron chi connectivity index (χ4n) is 1.99. The fraction of sp³-hybridized carbons (Fsp3) is 0.188. The van der Waals surface area contributed by atoms with E-state index in [1.54, 1.807) is 18.2 Å². The highest BCUT2D eigenvalue weighted by atomic mass is 35.5. The molecular formula is C16H15Cl2NO4S. The lowest BCUT2D eigenvalue weighted by atomic mass is 10.1. The quantitative estimate of drug-likeness (QED) is 0.824. The van der Waals surface area contributed by atoms with Crippen LogP contribution in [0.1, 0.15) is 6.92 Å². The van der Waals surface area contributed by atoms with Crippen LogP contribution in [0, 0.1) is 0 Å². The van der Waals surface area contributed by atoms with Gasteiger partial charge >= 0.3 is 0 Å². The molecule has 0 unspecified atom stereocenters. The lowest BCUT2D eigenvalue weighted by Crippen LogP contribution is -2.45. The van der Waals surface area contributed by atoms with Gasteiger partial charge in [-0.15, -0.1) is 0 Å². The van der Waals surface area contributed by atoms with E-state index in [0.717, 1.165) is 6.92 Å². The molecule has 0 bridgehead atoms. The summed E-state index contributed by atoms with van der Waals surface area (Å²) >= 11 is 11.7. The molecule has 0 saturated heterocycles. The monoisotopic (exact) mass is 387 g/mol. The van der Waals surface area contributed by atoms with Crippen LogP contribution < -0.4 is 5.32 Å². The van der Waals surface area contributed by atoms with Crippen LogP contribution in [0.2, 0.25) is 10.0 Å². The first-order chi connectivity index (χ1) is 11.1. The Kier molecular flexibility index (Phi) is 5.55. The van der Waals surface area contributed by atoms with Gasteiger partial charge in [0, 0.05) is 5.02 Å². The van der Waals surface area contributed by atoms with Gasteiger partial charge in [0.1, 0.15) is 0 Å². The summed E-state index contributed by atoms with van der Waals surface area (Å²) in [7, 11) is -3.84. The second kappa shape index (κ2) is 7.11. The number of anilines is 1. The smallest absolute Gasteiger partial charge is 0.257 e. The fourth-order valence-corrected chi connectivity index (χ4v) is 4.06. The first kappa shape index (κ1) is 18.7. The molecule has 8 heteroatoms. The average Bonchev–Trinajstić information content (AvgIpc) is 2.50. The zero-order chi connectivity index (χ0) is 18.0. The van der Waals surface area contributed by atoms with Gasteiger partial charge in [-0.25, -0.2) is 8.42 Å². The van der Waals surface area contributed by atoms with Crippen molar-refractivity contribution in [2.75, 3.05) is 11.1 Å². The molecule has 1 atom stereocenters. The Balaban J connectivity index is 2.19. The highest BCUT2D eigenvalue weighted by Crippen LogP contribution is 2.26.